The van der Waals surface area contributed by atoms with Crippen LogP contribution in [-0.4, -0.2) is 60.5 Å². The van der Waals surface area contributed by atoms with Crippen LogP contribution in [0.5, 0.6) is 0 Å². The average Bonchev–Trinajstić information content (AvgIpc) is 3.10. The Kier molecular flexibility index (Phi) is 6.09. The minimum atomic E-state index is 0.748. The van der Waals surface area contributed by atoms with Crippen molar-refractivity contribution in [2.75, 3.05) is 39.8 Å². The van der Waals surface area contributed by atoms with E-state index in [2.05, 4.69) is 52.9 Å². The predicted octanol–water partition coefficient (Wildman–Crippen LogP) is 3.20. The number of rotatable bonds is 6. The standard InChI is InChI=1S/C20H33N3/c1-3-22-14-10-20(11-15-22)21(2)16-18-8-4-5-9-19(18)17-23-12-6-7-13-23/h4-5,8-9,20H,3,6-7,10-17H2,1-2H3. The summed E-state index contributed by atoms with van der Waals surface area (Å²) in [6.45, 7) is 10.8. The molecule has 128 valence electrons. The summed E-state index contributed by atoms with van der Waals surface area (Å²) in [4.78, 5) is 7.78. The summed E-state index contributed by atoms with van der Waals surface area (Å²) in [6, 6.07) is 9.83. The molecule has 2 fully saturated rings. The van der Waals surface area contributed by atoms with E-state index in [-0.39, 0.29) is 0 Å². The van der Waals surface area contributed by atoms with E-state index in [9.17, 15) is 0 Å². The van der Waals surface area contributed by atoms with Gasteiger partial charge < -0.3 is 4.90 Å². The first kappa shape index (κ1) is 16.9. The van der Waals surface area contributed by atoms with Crippen LogP contribution < -0.4 is 0 Å². The predicted molar refractivity (Wildman–Crippen MR) is 97.6 cm³/mol. The first-order chi connectivity index (χ1) is 11.3. The highest BCUT2D eigenvalue weighted by atomic mass is 15.2. The van der Waals surface area contributed by atoms with Crippen molar-refractivity contribution in [2.45, 2.75) is 51.7 Å². The third-order valence-corrected chi connectivity index (χ3v) is 5.76. The normalized spacial score (nSPS) is 21.3. The summed E-state index contributed by atoms with van der Waals surface area (Å²) in [6.07, 6.45) is 5.38. The summed E-state index contributed by atoms with van der Waals surface area (Å²) in [7, 11) is 2.32. The van der Waals surface area contributed by atoms with Gasteiger partial charge in [-0.25, -0.2) is 0 Å². The van der Waals surface area contributed by atoms with Crippen molar-refractivity contribution in [1.82, 2.24) is 14.7 Å². The van der Waals surface area contributed by atoms with Crippen LogP contribution in [0.25, 0.3) is 0 Å². The third-order valence-electron chi connectivity index (χ3n) is 5.76. The lowest BCUT2D eigenvalue weighted by Gasteiger charge is -2.36. The fourth-order valence-electron chi connectivity index (χ4n) is 4.12. The van der Waals surface area contributed by atoms with Gasteiger partial charge in [0.25, 0.3) is 0 Å². The minimum absolute atomic E-state index is 0.748. The van der Waals surface area contributed by atoms with Crippen molar-refractivity contribution in [3.05, 3.63) is 35.4 Å². The molecule has 2 aliphatic heterocycles. The quantitative estimate of drug-likeness (QED) is 0.798. The van der Waals surface area contributed by atoms with Crippen LogP contribution in [0.4, 0.5) is 0 Å². The number of hydrogen-bond acceptors (Lipinski definition) is 3. The Bertz CT molecular complexity index is 474. The molecule has 0 amide bonds. The van der Waals surface area contributed by atoms with E-state index < -0.39 is 0 Å². The lowest BCUT2D eigenvalue weighted by Crippen LogP contribution is -2.43. The molecular formula is C20H33N3. The van der Waals surface area contributed by atoms with Crippen LogP contribution in [0.1, 0.15) is 43.7 Å². The Labute approximate surface area is 142 Å². The molecule has 0 unspecified atom stereocenters. The van der Waals surface area contributed by atoms with E-state index >= 15 is 0 Å². The van der Waals surface area contributed by atoms with E-state index in [1.54, 1.807) is 0 Å². The van der Waals surface area contributed by atoms with Crippen LogP contribution in [0.3, 0.4) is 0 Å². The summed E-state index contributed by atoms with van der Waals surface area (Å²) in [5, 5.41) is 0. The zero-order chi connectivity index (χ0) is 16.1. The van der Waals surface area contributed by atoms with E-state index in [0.717, 1.165) is 19.1 Å². The number of piperidine rings is 1. The summed E-state index contributed by atoms with van der Waals surface area (Å²) in [5.41, 5.74) is 3.06. The van der Waals surface area contributed by atoms with Gasteiger partial charge >= 0.3 is 0 Å². The Morgan fingerprint density at radius 1 is 0.957 bits per heavy atom. The molecule has 1 aromatic carbocycles. The molecule has 0 aliphatic carbocycles. The first-order valence-corrected chi connectivity index (χ1v) is 9.48. The number of likely N-dealkylation sites (tertiary alicyclic amines) is 2. The maximum absolute atomic E-state index is 2.61. The third kappa shape index (κ3) is 4.56. The van der Waals surface area contributed by atoms with Gasteiger partial charge in [-0.2, -0.15) is 0 Å². The van der Waals surface area contributed by atoms with Crippen molar-refractivity contribution in [1.29, 1.82) is 0 Å². The second kappa shape index (κ2) is 8.27. The zero-order valence-corrected chi connectivity index (χ0v) is 15.0. The van der Waals surface area contributed by atoms with Gasteiger partial charge in [-0.15, -0.1) is 0 Å². The van der Waals surface area contributed by atoms with Crippen molar-refractivity contribution in [3.63, 3.8) is 0 Å². The molecule has 0 spiro atoms. The smallest absolute Gasteiger partial charge is 0.0236 e. The SMILES string of the molecule is CCN1CCC(N(C)Cc2ccccc2CN2CCCC2)CC1. The van der Waals surface area contributed by atoms with Gasteiger partial charge in [0.1, 0.15) is 0 Å². The molecule has 2 heterocycles. The largest absolute Gasteiger partial charge is 0.303 e. The molecule has 0 saturated carbocycles. The molecule has 1 aromatic rings. The van der Waals surface area contributed by atoms with E-state index in [4.69, 9.17) is 0 Å². The fourth-order valence-corrected chi connectivity index (χ4v) is 4.12. The van der Waals surface area contributed by atoms with Gasteiger partial charge in [0.15, 0.2) is 0 Å². The Hall–Kier alpha value is -0.900. The van der Waals surface area contributed by atoms with Gasteiger partial charge in [0, 0.05) is 19.1 Å². The molecule has 3 rings (SSSR count). The first-order valence-electron chi connectivity index (χ1n) is 9.48. The number of benzene rings is 1. The topological polar surface area (TPSA) is 9.72 Å². The van der Waals surface area contributed by atoms with E-state index in [1.165, 1.54) is 69.5 Å². The van der Waals surface area contributed by atoms with Crippen LogP contribution in [-0.2, 0) is 13.1 Å². The van der Waals surface area contributed by atoms with Gasteiger partial charge in [-0.1, -0.05) is 31.2 Å². The molecule has 0 N–H and O–H groups in total. The maximum atomic E-state index is 2.61. The highest BCUT2D eigenvalue weighted by molar-refractivity contribution is 5.27. The molecule has 3 heteroatoms. The van der Waals surface area contributed by atoms with Gasteiger partial charge in [0.05, 0.1) is 0 Å². The van der Waals surface area contributed by atoms with Gasteiger partial charge in [-0.05, 0) is 76.6 Å². The second-order valence-corrected chi connectivity index (χ2v) is 7.33. The minimum Gasteiger partial charge on any atom is -0.303 e. The van der Waals surface area contributed by atoms with Crippen molar-refractivity contribution < 1.29 is 0 Å². The van der Waals surface area contributed by atoms with Crippen molar-refractivity contribution >= 4 is 0 Å². The molecule has 0 atom stereocenters. The second-order valence-electron chi connectivity index (χ2n) is 7.33. The number of nitrogens with zero attached hydrogens (tertiary/aromatic N) is 3. The highest BCUT2D eigenvalue weighted by Gasteiger charge is 2.22. The summed E-state index contributed by atoms with van der Waals surface area (Å²) in [5.74, 6) is 0. The monoisotopic (exact) mass is 315 g/mol. The molecular weight excluding hydrogens is 282 g/mol. The maximum Gasteiger partial charge on any atom is 0.0236 e. The van der Waals surface area contributed by atoms with Crippen LogP contribution in [0.15, 0.2) is 24.3 Å². The molecule has 0 aromatic heterocycles. The molecule has 2 aliphatic rings. The molecule has 3 nitrogen and oxygen atoms in total. The van der Waals surface area contributed by atoms with E-state index in [1.807, 2.05) is 0 Å². The highest BCUT2D eigenvalue weighted by Crippen LogP contribution is 2.21. The van der Waals surface area contributed by atoms with Crippen molar-refractivity contribution in [3.8, 4) is 0 Å². The van der Waals surface area contributed by atoms with Gasteiger partial charge in [-0.3, -0.25) is 9.80 Å². The summed E-state index contributed by atoms with van der Waals surface area (Å²) >= 11 is 0. The van der Waals surface area contributed by atoms with Crippen molar-refractivity contribution in [2.24, 2.45) is 0 Å². The summed E-state index contributed by atoms with van der Waals surface area (Å²) < 4.78 is 0. The van der Waals surface area contributed by atoms with Gasteiger partial charge in [0.2, 0.25) is 0 Å². The lowest BCUT2D eigenvalue weighted by atomic mass is 10.0. The zero-order valence-electron chi connectivity index (χ0n) is 15.0. The molecule has 0 bridgehead atoms. The molecule has 2 saturated heterocycles. The van der Waals surface area contributed by atoms with Crippen LogP contribution in [0.2, 0.25) is 0 Å². The average molecular weight is 316 g/mol. The van der Waals surface area contributed by atoms with E-state index in [0.29, 0.717) is 0 Å². The molecule has 23 heavy (non-hydrogen) atoms. The number of hydrogen-bond donors (Lipinski definition) is 0. The Balaban J connectivity index is 1.58. The Morgan fingerprint density at radius 2 is 1.61 bits per heavy atom. The van der Waals surface area contributed by atoms with Crippen LogP contribution in [0, 0.1) is 0 Å². The van der Waals surface area contributed by atoms with Crippen LogP contribution >= 0.6 is 0 Å². The fraction of sp³-hybridized carbons (Fsp3) is 0.700. The lowest BCUT2D eigenvalue weighted by molar-refractivity contribution is 0.126. The Morgan fingerprint density at radius 3 is 2.26 bits per heavy atom. The molecule has 0 radical (unpaired) electrons.